The Kier molecular flexibility index (Phi) is 117. The SMILES string of the molecule is CCNCC.[Au+].[Cl-].[Cl-].[Cl-]. The molecule has 0 bridgehead atoms. The van der Waals surface area contributed by atoms with Gasteiger partial charge in [-0.25, -0.2) is 0 Å². The Morgan fingerprint density at radius 2 is 1.11 bits per heavy atom. The van der Waals surface area contributed by atoms with Crippen LogP contribution in [0.15, 0.2) is 0 Å². The Labute approximate surface area is 91.5 Å². The molecule has 1 nitrogen and oxygen atoms in total. The largest absolute Gasteiger partial charge is 1.00 e. The van der Waals surface area contributed by atoms with Crippen LogP contribution in [0.4, 0.5) is 0 Å². The first-order valence-corrected chi connectivity index (χ1v) is 2.12. The smallest absolute Gasteiger partial charge is 1.00 e. The first-order chi connectivity index (χ1) is 2.41. The molecule has 0 rings (SSSR count). The molecule has 0 radical (unpaired) electrons. The molecule has 5 heteroatoms. The van der Waals surface area contributed by atoms with E-state index >= 15 is 0 Å². The van der Waals surface area contributed by atoms with E-state index in [0.29, 0.717) is 0 Å². The van der Waals surface area contributed by atoms with Crippen molar-refractivity contribution in [3.05, 3.63) is 0 Å². The molecule has 0 aliphatic carbocycles. The van der Waals surface area contributed by atoms with Gasteiger partial charge in [-0.2, -0.15) is 0 Å². The Balaban J connectivity index is -0.0000000133. The average Bonchev–Trinajstić information content (AvgIpc) is 1.41. The molecule has 0 spiro atoms. The van der Waals surface area contributed by atoms with Crippen LogP contribution in [0.25, 0.3) is 0 Å². The monoisotopic (exact) mass is 375 g/mol. The number of hydrogen-bond donors (Lipinski definition) is 1. The Hall–Kier alpha value is 1.57. The molecular formula is C4H11AuCl3N-2. The molecule has 0 aromatic carbocycles. The second-order valence-electron chi connectivity index (χ2n) is 0.957. The average molecular weight is 376 g/mol. The van der Waals surface area contributed by atoms with Crippen molar-refractivity contribution in [1.29, 1.82) is 0 Å². The van der Waals surface area contributed by atoms with Gasteiger partial charge < -0.3 is 42.5 Å². The van der Waals surface area contributed by atoms with Crippen LogP contribution < -0.4 is 42.5 Å². The van der Waals surface area contributed by atoms with Crippen LogP contribution >= 0.6 is 0 Å². The third-order valence-corrected chi connectivity index (χ3v) is 0.500. The van der Waals surface area contributed by atoms with E-state index < -0.39 is 0 Å². The molecule has 9 heavy (non-hydrogen) atoms. The predicted octanol–water partition coefficient (Wildman–Crippen LogP) is -8.37. The Bertz CT molecular complexity index is 23.3. The van der Waals surface area contributed by atoms with Crippen molar-refractivity contribution in [2.75, 3.05) is 13.1 Å². The molecular weight excluding hydrogens is 365 g/mol. The minimum atomic E-state index is 0. The fourth-order valence-corrected chi connectivity index (χ4v) is 0.250. The van der Waals surface area contributed by atoms with E-state index in [9.17, 15) is 0 Å². The second-order valence-corrected chi connectivity index (χ2v) is 0.957. The molecule has 0 aromatic rings. The zero-order valence-corrected chi connectivity index (χ0v) is 9.78. The summed E-state index contributed by atoms with van der Waals surface area (Å²) in [6.07, 6.45) is 0. The molecule has 66 valence electrons. The molecule has 1 N–H and O–H groups in total. The third kappa shape index (κ3) is 43.0. The van der Waals surface area contributed by atoms with Crippen molar-refractivity contribution < 1.29 is 59.6 Å². The van der Waals surface area contributed by atoms with Gasteiger partial charge in [0.15, 0.2) is 0 Å². The maximum atomic E-state index is 3.11. The van der Waals surface area contributed by atoms with Crippen LogP contribution in [0.5, 0.6) is 0 Å². The number of hydrogen-bond acceptors (Lipinski definition) is 1. The van der Waals surface area contributed by atoms with Crippen LogP contribution in [0.2, 0.25) is 0 Å². The molecule has 0 saturated carbocycles. The van der Waals surface area contributed by atoms with Gasteiger partial charge in [0.05, 0.1) is 0 Å². The Morgan fingerprint density at radius 1 is 0.889 bits per heavy atom. The van der Waals surface area contributed by atoms with E-state index in [-0.39, 0.29) is 59.6 Å². The minimum Gasteiger partial charge on any atom is -1.00 e. The van der Waals surface area contributed by atoms with Crippen LogP contribution in [-0.4, -0.2) is 13.1 Å². The summed E-state index contributed by atoms with van der Waals surface area (Å²) in [5.74, 6) is 0. The van der Waals surface area contributed by atoms with E-state index in [4.69, 9.17) is 0 Å². The zero-order valence-electron chi connectivity index (χ0n) is 5.35. The summed E-state index contributed by atoms with van der Waals surface area (Å²) < 4.78 is 0. The van der Waals surface area contributed by atoms with E-state index in [2.05, 4.69) is 19.2 Å². The van der Waals surface area contributed by atoms with Crippen LogP contribution in [0, 0.1) is 0 Å². The normalized spacial score (nSPS) is 4.67. The quantitative estimate of drug-likeness (QED) is 0.472. The van der Waals surface area contributed by atoms with E-state index in [0.717, 1.165) is 13.1 Å². The summed E-state index contributed by atoms with van der Waals surface area (Å²) in [7, 11) is 0. The van der Waals surface area contributed by atoms with Gasteiger partial charge >= 0.3 is 22.4 Å². The third-order valence-electron chi connectivity index (χ3n) is 0.500. The summed E-state index contributed by atoms with van der Waals surface area (Å²) in [6, 6.07) is 0. The van der Waals surface area contributed by atoms with Gasteiger partial charge in [0.1, 0.15) is 0 Å². The second kappa shape index (κ2) is 33.7. The van der Waals surface area contributed by atoms with Crippen LogP contribution in [-0.2, 0) is 22.4 Å². The molecule has 0 fully saturated rings. The van der Waals surface area contributed by atoms with Crippen molar-refractivity contribution in [3.8, 4) is 0 Å². The maximum Gasteiger partial charge on any atom is 1.00 e. The van der Waals surface area contributed by atoms with Gasteiger partial charge in [0.25, 0.3) is 0 Å². The van der Waals surface area contributed by atoms with Crippen molar-refractivity contribution >= 4 is 0 Å². The predicted molar refractivity (Wildman–Crippen MR) is 24.2 cm³/mol. The maximum absolute atomic E-state index is 3.11. The van der Waals surface area contributed by atoms with E-state index in [1.54, 1.807) is 0 Å². The summed E-state index contributed by atoms with van der Waals surface area (Å²) >= 11 is 0. The van der Waals surface area contributed by atoms with Crippen LogP contribution in [0.3, 0.4) is 0 Å². The van der Waals surface area contributed by atoms with E-state index in [1.807, 2.05) is 0 Å². The molecule has 0 aromatic heterocycles. The summed E-state index contributed by atoms with van der Waals surface area (Å²) in [5.41, 5.74) is 0. The number of halogens is 3. The fraction of sp³-hybridized carbons (Fsp3) is 1.00. The molecule has 0 aliphatic rings. The van der Waals surface area contributed by atoms with E-state index in [1.165, 1.54) is 0 Å². The summed E-state index contributed by atoms with van der Waals surface area (Å²) in [4.78, 5) is 0. The first kappa shape index (κ1) is 31.2. The van der Waals surface area contributed by atoms with Gasteiger partial charge in [-0.3, -0.25) is 0 Å². The van der Waals surface area contributed by atoms with Crippen molar-refractivity contribution in [2.45, 2.75) is 13.8 Å². The topological polar surface area (TPSA) is 12.0 Å². The molecule has 0 aliphatic heterocycles. The van der Waals surface area contributed by atoms with Gasteiger partial charge in [0, 0.05) is 0 Å². The zero-order chi connectivity index (χ0) is 4.12. The first-order valence-electron chi connectivity index (χ1n) is 2.12. The molecule has 0 atom stereocenters. The van der Waals surface area contributed by atoms with Gasteiger partial charge in [-0.1, -0.05) is 13.8 Å². The van der Waals surface area contributed by atoms with Crippen molar-refractivity contribution in [3.63, 3.8) is 0 Å². The van der Waals surface area contributed by atoms with Gasteiger partial charge in [0.2, 0.25) is 0 Å². The molecule has 0 unspecified atom stereocenters. The Morgan fingerprint density at radius 3 is 1.11 bits per heavy atom. The minimum absolute atomic E-state index is 0. The van der Waals surface area contributed by atoms with Gasteiger partial charge in [-0.05, 0) is 13.1 Å². The summed E-state index contributed by atoms with van der Waals surface area (Å²) in [5, 5.41) is 3.11. The number of nitrogens with one attached hydrogen (secondary N) is 1. The summed E-state index contributed by atoms with van der Waals surface area (Å²) in [6.45, 7) is 6.39. The van der Waals surface area contributed by atoms with Crippen LogP contribution in [0.1, 0.15) is 13.8 Å². The standard InChI is InChI=1S/C4H11N.Au.3ClH/c1-3-5-4-2;;;;/h5H,3-4H2,1-2H3;;3*1H/q;+1;;;/p-3. The van der Waals surface area contributed by atoms with Crippen molar-refractivity contribution in [2.24, 2.45) is 0 Å². The molecule has 0 saturated heterocycles. The van der Waals surface area contributed by atoms with Crippen molar-refractivity contribution in [1.82, 2.24) is 5.32 Å². The number of rotatable bonds is 2. The molecule has 0 heterocycles. The molecule has 0 amide bonds. The fourth-order valence-electron chi connectivity index (χ4n) is 0.250. The van der Waals surface area contributed by atoms with Gasteiger partial charge in [-0.15, -0.1) is 0 Å².